The van der Waals surface area contributed by atoms with Gasteiger partial charge in [-0.3, -0.25) is 4.79 Å². The second-order valence-electron chi connectivity index (χ2n) is 3.65. The minimum atomic E-state index is -0.902. The molecule has 0 aromatic heterocycles. The first-order chi connectivity index (χ1) is 8.93. The molecule has 0 unspecified atom stereocenters. The maximum absolute atomic E-state index is 13.9. The van der Waals surface area contributed by atoms with Crippen LogP contribution in [0.5, 0.6) is 0 Å². The Morgan fingerprint density at radius 1 is 1.00 bits per heavy atom. The first-order valence-corrected chi connectivity index (χ1v) is 6.60. The number of hydrogen-bond donors (Lipinski definition) is 0. The van der Waals surface area contributed by atoms with Gasteiger partial charge < -0.3 is 0 Å². The molecule has 0 amide bonds. The number of carbonyl (C=O) groups is 1. The van der Waals surface area contributed by atoms with Crippen LogP contribution in [-0.2, 0) is 0 Å². The van der Waals surface area contributed by atoms with E-state index in [1.165, 1.54) is 30.3 Å². The Hall–Kier alpha value is -0.970. The van der Waals surface area contributed by atoms with E-state index < -0.39 is 17.4 Å². The van der Waals surface area contributed by atoms with Crippen molar-refractivity contribution in [3.05, 3.63) is 67.6 Å². The highest BCUT2D eigenvalue weighted by Gasteiger charge is 2.21. The number of rotatable bonds is 2. The van der Waals surface area contributed by atoms with Gasteiger partial charge in [-0.25, -0.2) is 8.78 Å². The van der Waals surface area contributed by atoms with E-state index in [-0.39, 0.29) is 21.2 Å². The average molecular weight is 366 g/mol. The van der Waals surface area contributed by atoms with Crippen molar-refractivity contribution in [1.29, 1.82) is 0 Å². The van der Waals surface area contributed by atoms with Gasteiger partial charge in [0.25, 0.3) is 0 Å². The number of carbonyl (C=O) groups excluding carboxylic acids is 1. The van der Waals surface area contributed by atoms with Crippen molar-refractivity contribution >= 4 is 44.9 Å². The molecule has 0 atom stereocenters. The fourth-order valence-electron chi connectivity index (χ4n) is 1.53. The Labute approximate surface area is 126 Å². The monoisotopic (exact) mass is 364 g/mol. The summed E-state index contributed by atoms with van der Waals surface area (Å²) in [5.41, 5.74) is -0.612. The highest BCUT2D eigenvalue weighted by molar-refractivity contribution is 9.10. The largest absolute Gasteiger partial charge is 0.288 e. The molecule has 19 heavy (non-hydrogen) atoms. The van der Waals surface area contributed by atoms with Crippen LogP contribution in [0.2, 0.25) is 10.0 Å². The van der Waals surface area contributed by atoms with Crippen LogP contribution in [0.25, 0.3) is 0 Å². The molecule has 2 aromatic carbocycles. The van der Waals surface area contributed by atoms with Crippen LogP contribution < -0.4 is 0 Å². The van der Waals surface area contributed by atoms with E-state index in [9.17, 15) is 13.6 Å². The lowest BCUT2D eigenvalue weighted by atomic mass is 10.0. The predicted molar refractivity (Wildman–Crippen MR) is 74.0 cm³/mol. The van der Waals surface area contributed by atoms with Gasteiger partial charge in [0.05, 0.1) is 21.2 Å². The number of benzene rings is 2. The molecule has 0 saturated heterocycles. The minimum absolute atomic E-state index is 0.200. The van der Waals surface area contributed by atoms with Gasteiger partial charge in [-0.1, -0.05) is 29.3 Å². The van der Waals surface area contributed by atoms with Gasteiger partial charge in [-0.05, 0) is 40.2 Å². The number of ketones is 1. The molecular formula is C13H5BrCl2F2O. The molecule has 0 spiro atoms. The summed E-state index contributed by atoms with van der Waals surface area (Å²) in [6, 6.07) is 6.60. The van der Waals surface area contributed by atoms with Gasteiger partial charge in [0.1, 0.15) is 0 Å². The van der Waals surface area contributed by atoms with Crippen LogP contribution >= 0.6 is 39.1 Å². The lowest BCUT2D eigenvalue weighted by Gasteiger charge is -2.07. The zero-order valence-electron chi connectivity index (χ0n) is 9.18. The Kier molecular flexibility index (Phi) is 4.23. The highest BCUT2D eigenvalue weighted by Crippen LogP contribution is 2.29. The summed E-state index contributed by atoms with van der Waals surface area (Å²) in [4.78, 5) is 12.1. The smallest absolute Gasteiger partial charge is 0.199 e. The molecule has 0 bridgehead atoms. The molecule has 0 fully saturated rings. The summed E-state index contributed by atoms with van der Waals surface area (Å²) < 4.78 is 27.9. The first-order valence-electron chi connectivity index (χ1n) is 5.05. The summed E-state index contributed by atoms with van der Waals surface area (Å²) in [6.45, 7) is 0. The van der Waals surface area contributed by atoms with E-state index in [1.54, 1.807) is 0 Å². The van der Waals surface area contributed by atoms with Gasteiger partial charge in [0, 0.05) is 4.47 Å². The Morgan fingerprint density at radius 3 is 2.32 bits per heavy atom. The standard InChI is InChI=1S/C13H5BrCl2F2O/c14-8-5-4-7(12(18)10(8)16)13(19)6-2-1-3-9(15)11(6)17/h1-5H. The minimum Gasteiger partial charge on any atom is -0.288 e. The topological polar surface area (TPSA) is 17.1 Å². The summed E-state index contributed by atoms with van der Waals surface area (Å²) in [5.74, 6) is -2.60. The van der Waals surface area contributed by atoms with Crippen LogP contribution in [-0.4, -0.2) is 5.78 Å². The SMILES string of the molecule is O=C(c1cccc(Cl)c1F)c1ccc(Br)c(Cl)c1F. The van der Waals surface area contributed by atoms with Gasteiger partial charge in [-0.2, -0.15) is 0 Å². The zero-order chi connectivity index (χ0) is 14.2. The maximum atomic E-state index is 13.9. The van der Waals surface area contributed by atoms with E-state index in [0.717, 1.165) is 0 Å². The average Bonchev–Trinajstić information content (AvgIpc) is 2.39. The van der Waals surface area contributed by atoms with Crippen molar-refractivity contribution in [1.82, 2.24) is 0 Å². The first kappa shape index (κ1) is 14.4. The second-order valence-corrected chi connectivity index (χ2v) is 5.29. The normalized spacial score (nSPS) is 10.6. The Bertz CT molecular complexity index is 674. The van der Waals surface area contributed by atoms with Crippen LogP contribution in [0, 0.1) is 11.6 Å². The third kappa shape index (κ3) is 2.66. The summed E-state index contributed by atoms with van der Waals surface area (Å²) in [6.07, 6.45) is 0. The van der Waals surface area contributed by atoms with Crippen LogP contribution in [0.4, 0.5) is 8.78 Å². The fourth-order valence-corrected chi connectivity index (χ4v) is 2.17. The number of halogens is 5. The lowest BCUT2D eigenvalue weighted by Crippen LogP contribution is -2.07. The van der Waals surface area contributed by atoms with Crippen molar-refractivity contribution in [3.63, 3.8) is 0 Å². The molecule has 2 rings (SSSR count). The molecule has 0 aliphatic heterocycles. The molecule has 0 aliphatic carbocycles. The molecule has 0 radical (unpaired) electrons. The van der Waals surface area contributed by atoms with Crippen molar-refractivity contribution in [2.75, 3.05) is 0 Å². The Balaban J connectivity index is 2.57. The molecule has 2 aromatic rings. The van der Waals surface area contributed by atoms with Gasteiger partial charge in [-0.15, -0.1) is 0 Å². The van der Waals surface area contributed by atoms with Crippen molar-refractivity contribution in [2.24, 2.45) is 0 Å². The van der Waals surface area contributed by atoms with E-state index >= 15 is 0 Å². The van der Waals surface area contributed by atoms with Gasteiger partial charge in [0.15, 0.2) is 17.4 Å². The lowest BCUT2D eigenvalue weighted by molar-refractivity contribution is 0.103. The van der Waals surface area contributed by atoms with E-state index in [0.29, 0.717) is 4.47 Å². The quantitative estimate of drug-likeness (QED) is 0.523. The molecule has 98 valence electrons. The van der Waals surface area contributed by atoms with Crippen molar-refractivity contribution < 1.29 is 13.6 Å². The molecule has 0 heterocycles. The molecule has 0 aliphatic rings. The summed E-state index contributed by atoms with van der Waals surface area (Å²) in [7, 11) is 0. The van der Waals surface area contributed by atoms with Gasteiger partial charge >= 0.3 is 0 Å². The van der Waals surface area contributed by atoms with E-state index in [4.69, 9.17) is 23.2 Å². The fraction of sp³-hybridized carbons (Fsp3) is 0. The predicted octanol–water partition coefficient (Wildman–Crippen LogP) is 5.27. The summed E-state index contributed by atoms with van der Waals surface area (Å²) in [5, 5.41) is -0.428. The molecule has 0 N–H and O–H groups in total. The van der Waals surface area contributed by atoms with Crippen LogP contribution in [0.15, 0.2) is 34.8 Å². The third-order valence-electron chi connectivity index (χ3n) is 2.48. The molecule has 0 saturated carbocycles. The third-order valence-corrected chi connectivity index (χ3v) is 4.03. The molecular weight excluding hydrogens is 361 g/mol. The van der Waals surface area contributed by atoms with Crippen molar-refractivity contribution in [3.8, 4) is 0 Å². The van der Waals surface area contributed by atoms with E-state index in [1.807, 2.05) is 0 Å². The number of hydrogen-bond acceptors (Lipinski definition) is 1. The van der Waals surface area contributed by atoms with Crippen molar-refractivity contribution in [2.45, 2.75) is 0 Å². The molecule has 1 nitrogen and oxygen atoms in total. The summed E-state index contributed by atoms with van der Waals surface area (Å²) >= 11 is 14.3. The Morgan fingerprint density at radius 2 is 1.63 bits per heavy atom. The zero-order valence-corrected chi connectivity index (χ0v) is 12.3. The van der Waals surface area contributed by atoms with Crippen LogP contribution in [0.1, 0.15) is 15.9 Å². The second kappa shape index (κ2) is 5.57. The van der Waals surface area contributed by atoms with E-state index in [2.05, 4.69) is 15.9 Å². The highest BCUT2D eigenvalue weighted by atomic mass is 79.9. The van der Waals surface area contributed by atoms with Crippen LogP contribution in [0.3, 0.4) is 0 Å². The molecule has 6 heteroatoms. The van der Waals surface area contributed by atoms with Gasteiger partial charge in [0.2, 0.25) is 0 Å². The maximum Gasteiger partial charge on any atom is 0.199 e.